The Morgan fingerprint density at radius 1 is 1.32 bits per heavy atom. The van der Waals surface area contributed by atoms with Crippen molar-refractivity contribution in [3.8, 4) is 0 Å². The van der Waals surface area contributed by atoms with Crippen molar-refractivity contribution in [2.24, 2.45) is 5.92 Å². The summed E-state index contributed by atoms with van der Waals surface area (Å²) in [6, 6.07) is 5.75. The zero-order valence-corrected chi connectivity index (χ0v) is 11.2. The first-order chi connectivity index (χ1) is 9.08. The van der Waals surface area contributed by atoms with Gasteiger partial charge in [-0.3, -0.25) is 19.1 Å². The van der Waals surface area contributed by atoms with Gasteiger partial charge in [-0.05, 0) is 31.4 Å². The second-order valence-electron chi connectivity index (χ2n) is 4.64. The van der Waals surface area contributed by atoms with Crippen LogP contribution in [0.15, 0.2) is 29.2 Å². The lowest BCUT2D eigenvalue weighted by Crippen LogP contribution is -2.10. The molecule has 0 bridgehead atoms. The van der Waals surface area contributed by atoms with Gasteiger partial charge in [0.25, 0.3) is 5.69 Å². The lowest BCUT2D eigenvalue weighted by Gasteiger charge is -2.07. The van der Waals surface area contributed by atoms with Gasteiger partial charge >= 0.3 is 0 Å². The van der Waals surface area contributed by atoms with E-state index in [0.29, 0.717) is 23.5 Å². The molecule has 0 radical (unpaired) electrons. The van der Waals surface area contributed by atoms with Crippen molar-refractivity contribution in [3.05, 3.63) is 34.4 Å². The summed E-state index contributed by atoms with van der Waals surface area (Å²) in [6.07, 6.45) is 3.13. The molecule has 0 N–H and O–H groups in total. The molecule has 0 spiro atoms. The van der Waals surface area contributed by atoms with Crippen molar-refractivity contribution >= 4 is 22.3 Å². The molecule has 0 heterocycles. The number of carbonyl (C=O) groups is 1. The van der Waals surface area contributed by atoms with Gasteiger partial charge in [0.1, 0.15) is 5.78 Å². The van der Waals surface area contributed by atoms with Gasteiger partial charge in [0.2, 0.25) is 0 Å². The molecule has 0 aliphatic heterocycles. The van der Waals surface area contributed by atoms with Crippen LogP contribution in [-0.2, 0) is 15.6 Å². The maximum atomic E-state index is 12.0. The van der Waals surface area contributed by atoms with E-state index in [1.807, 2.05) is 0 Å². The first-order valence-corrected chi connectivity index (χ1v) is 7.55. The van der Waals surface area contributed by atoms with Crippen molar-refractivity contribution in [2.45, 2.75) is 30.6 Å². The van der Waals surface area contributed by atoms with E-state index in [0.717, 1.165) is 12.8 Å². The molecule has 1 aliphatic carbocycles. The molecule has 1 aromatic carbocycles. The molecule has 2 rings (SSSR count). The van der Waals surface area contributed by atoms with Crippen molar-refractivity contribution in [1.29, 1.82) is 0 Å². The second-order valence-corrected chi connectivity index (χ2v) is 6.22. The molecular weight excluding hydrogens is 266 g/mol. The van der Waals surface area contributed by atoms with Gasteiger partial charge in [0.05, 0.1) is 15.7 Å². The Labute approximate surface area is 113 Å². The molecule has 0 amide bonds. The summed E-state index contributed by atoms with van der Waals surface area (Å²) in [7, 11) is -1.19. The number of non-ortho nitro benzene ring substituents is 1. The number of hydrogen-bond acceptors (Lipinski definition) is 4. The van der Waals surface area contributed by atoms with E-state index >= 15 is 0 Å². The SMILES string of the molecule is O=C1CCCC1CCS(=O)c1ccc([N+](=O)[O-])cc1. The molecule has 102 valence electrons. The Morgan fingerprint density at radius 2 is 2.00 bits per heavy atom. The van der Waals surface area contributed by atoms with Gasteiger partial charge in [-0.15, -0.1) is 0 Å². The maximum absolute atomic E-state index is 12.0. The minimum absolute atomic E-state index is 0.00767. The smallest absolute Gasteiger partial charge is 0.269 e. The van der Waals surface area contributed by atoms with Gasteiger partial charge in [0, 0.05) is 35.1 Å². The van der Waals surface area contributed by atoms with Crippen LogP contribution in [0.2, 0.25) is 0 Å². The summed E-state index contributed by atoms with van der Waals surface area (Å²) in [5.41, 5.74) is -0.00767. The Balaban J connectivity index is 1.92. The molecule has 1 aromatic rings. The lowest BCUT2D eigenvalue weighted by molar-refractivity contribution is -0.384. The van der Waals surface area contributed by atoms with Crippen LogP contribution >= 0.6 is 0 Å². The fourth-order valence-electron chi connectivity index (χ4n) is 2.28. The zero-order valence-electron chi connectivity index (χ0n) is 10.4. The highest BCUT2D eigenvalue weighted by atomic mass is 32.2. The van der Waals surface area contributed by atoms with Gasteiger partial charge in [0.15, 0.2) is 0 Å². The molecule has 1 saturated carbocycles. The van der Waals surface area contributed by atoms with Crippen LogP contribution in [0.1, 0.15) is 25.7 Å². The summed E-state index contributed by atoms with van der Waals surface area (Å²) in [5, 5.41) is 10.5. The second kappa shape index (κ2) is 6.06. The number of rotatable bonds is 5. The quantitative estimate of drug-likeness (QED) is 0.613. The highest BCUT2D eigenvalue weighted by Crippen LogP contribution is 2.25. The van der Waals surface area contributed by atoms with E-state index in [4.69, 9.17) is 0 Å². The fraction of sp³-hybridized carbons (Fsp3) is 0.462. The maximum Gasteiger partial charge on any atom is 0.269 e. The standard InChI is InChI=1S/C13H15NO4S/c15-13-3-1-2-10(13)8-9-19(18)12-6-4-11(5-7-12)14(16)17/h4-7,10H,1-3,8-9H2. The van der Waals surface area contributed by atoms with Crippen LogP contribution in [-0.4, -0.2) is 20.7 Å². The average Bonchev–Trinajstić information content (AvgIpc) is 2.81. The van der Waals surface area contributed by atoms with Gasteiger partial charge in [-0.25, -0.2) is 0 Å². The molecule has 5 nitrogen and oxygen atoms in total. The monoisotopic (exact) mass is 281 g/mol. The van der Waals surface area contributed by atoms with Crippen LogP contribution in [0, 0.1) is 16.0 Å². The first kappa shape index (κ1) is 13.9. The fourth-order valence-corrected chi connectivity index (χ4v) is 3.45. The largest absolute Gasteiger partial charge is 0.299 e. The molecule has 1 fully saturated rings. The van der Waals surface area contributed by atoms with E-state index in [1.54, 1.807) is 0 Å². The van der Waals surface area contributed by atoms with Crippen LogP contribution in [0.5, 0.6) is 0 Å². The third-order valence-electron chi connectivity index (χ3n) is 3.39. The van der Waals surface area contributed by atoms with E-state index in [2.05, 4.69) is 0 Å². The van der Waals surface area contributed by atoms with Crippen LogP contribution in [0.3, 0.4) is 0 Å². The summed E-state index contributed by atoms with van der Waals surface area (Å²) in [4.78, 5) is 22.1. The number of hydrogen-bond donors (Lipinski definition) is 0. The molecule has 0 aromatic heterocycles. The van der Waals surface area contributed by atoms with E-state index in [9.17, 15) is 19.1 Å². The van der Waals surface area contributed by atoms with Crippen molar-refractivity contribution in [3.63, 3.8) is 0 Å². The molecule has 2 atom stereocenters. The van der Waals surface area contributed by atoms with Crippen LogP contribution < -0.4 is 0 Å². The third kappa shape index (κ3) is 3.47. The molecule has 1 aliphatic rings. The Morgan fingerprint density at radius 3 is 2.53 bits per heavy atom. The summed E-state index contributed by atoms with van der Waals surface area (Å²) < 4.78 is 12.0. The normalized spacial score (nSPS) is 20.4. The molecule has 2 unspecified atom stereocenters. The number of ketones is 1. The predicted molar refractivity (Wildman–Crippen MR) is 71.3 cm³/mol. The Kier molecular flexibility index (Phi) is 4.42. The molecule has 19 heavy (non-hydrogen) atoms. The zero-order chi connectivity index (χ0) is 13.8. The summed E-state index contributed by atoms with van der Waals surface area (Å²) in [5.74, 6) is 0.775. The van der Waals surface area contributed by atoms with E-state index < -0.39 is 15.7 Å². The Hall–Kier alpha value is -1.56. The summed E-state index contributed by atoms with van der Waals surface area (Å²) in [6.45, 7) is 0. The van der Waals surface area contributed by atoms with E-state index in [-0.39, 0.29) is 17.4 Å². The highest BCUT2D eigenvalue weighted by Gasteiger charge is 2.24. The molecule has 6 heteroatoms. The van der Waals surface area contributed by atoms with Crippen molar-refractivity contribution < 1.29 is 13.9 Å². The third-order valence-corrected chi connectivity index (χ3v) is 4.80. The number of nitrogens with zero attached hydrogens (tertiary/aromatic N) is 1. The number of nitro benzene ring substituents is 1. The minimum Gasteiger partial charge on any atom is -0.299 e. The van der Waals surface area contributed by atoms with Crippen LogP contribution in [0.4, 0.5) is 5.69 Å². The highest BCUT2D eigenvalue weighted by molar-refractivity contribution is 7.85. The number of Topliss-reactive ketones (excluding diaryl/α,β-unsaturated/α-hetero) is 1. The minimum atomic E-state index is -1.19. The average molecular weight is 281 g/mol. The lowest BCUT2D eigenvalue weighted by atomic mass is 10.1. The molecule has 0 saturated heterocycles. The number of nitro groups is 1. The molecular formula is C13H15NO4S. The topological polar surface area (TPSA) is 77.3 Å². The number of benzene rings is 1. The van der Waals surface area contributed by atoms with Gasteiger partial charge in [-0.1, -0.05) is 0 Å². The first-order valence-electron chi connectivity index (χ1n) is 6.23. The summed E-state index contributed by atoms with van der Waals surface area (Å²) >= 11 is 0. The van der Waals surface area contributed by atoms with Gasteiger partial charge < -0.3 is 0 Å². The van der Waals surface area contributed by atoms with Gasteiger partial charge in [-0.2, -0.15) is 0 Å². The number of carbonyl (C=O) groups excluding carboxylic acids is 1. The van der Waals surface area contributed by atoms with Crippen molar-refractivity contribution in [2.75, 3.05) is 5.75 Å². The predicted octanol–water partition coefficient (Wildman–Crippen LogP) is 2.46. The van der Waals surface area contributed by atoms with Crippen LogP contribution in [0.25, 0.3) is 0 Å². The Bertz CT molecular complexity index is 512. The van der Waals surface area contributed by atoms with Crippen molar-refractivity contribution in [1.82, 2.24) is 0 Å². The van der Waals surface area contributed by atoms with E-state index in [1.165, 1.54) is 24.3 Å².